The Balaban J connectivity index is -0.00000000321. The summed E-state index contributed by atoms with van der Waals surface area (Å²) in [5, 5.41) is 0. The van der Waals surface area contributed by atoms with Gasteiger partial charge in [-0.2, -0.15) is 0 Å². The summed E-state index contributed by atoms with van der Waals surface area (Å²) in [4.78, 5) is 0. The second-order valence-electron chi connectivity index (χ2n) is 0. The maximum Gasteiger partial charge on any atom is 1.00 e. The minimum absolute atomic E-state index is 0. The molecular formula is H7AlCl3NaO3. The average molecular weight is 211 g/mol. The van der Waals surface area contributed by atoms with Crippen molar-refractivity contribution < 1.29 is 45.0 Å². The first kappa shape index (κ1) is 31.8. The summed E-state index contributed by atoms with van der Waals surface area (Å²) in [6.45, 7) is 0. The Bertz CT molecular complexity index is 19.0. The molecule has 0 aliphatic rings. The Kier molecular flexibility index (Phi) is 485. The van der Waals surface area contributed by atoms with E-state index in [-0.39, 0.29) is 48.3 Å². The quantitative estimate of drug-likeness (QED) is 0.362. The predicted molar refractivity (Wildman–Crippen MR) is 35.3 cm³/mol. The molecule has 0 bridgehead atoms. The minimum atomic E-state index is 0. The van der Waals surface area contributed by atoms with Gasteiger partial charge in [0.05, 0.1) is 35.6 Å². The molecule has 0 rings (SSSR count). The van der Waals surface area contributed by atoms with E-state index in [0.29, 0.717) is 0 Å². The molecule has 0 atom stereocenters. The molecule has 0 saturated carbocycles. The van der Waals surface area contributed by atoms with Crippen LogP contribution in [0.2, 0.25) is 0 Å². The molecule has 8 heavy (non-hydrogen) atoms. The molecule has 0 radical (unpaired) electrons. The maximum atomic E-state index is 6.47. The second kappa shape index (κ2) is 122. The van der Waals surface area contributed by atoms with Gasteiger partial charge in [0.15, 0.2) is 17.4 Å². The van der Waals surface area contributed by atoms with Crippen molar-refractivity contribution in [2.75, 3.05) is 0 Å². The summed E-state index contributed by atoms with van der Waals surface area (Å²) in [6, 6.07) is 0. The van der Waals surface area contributed by atoms with Crippen molar-refractivity contribution in [1.29, 1.82) is 0 Å². The van der Waals surface area contributed by atoms with Gasteiger partial charge in [-0.25, -0.2) is 0 Å². The van der Waals surface area contributed by atoms with Crippen LogP contribution in [0.15, 0.2) is 0 Å². The average Bonchev–Trinajstić information content (AvgIpc) is 1.81. The van der Waals surface area contributed by atoms with Gasteiger partial charge in [-0.3, -0.25) is 14.0 Å². The van der Waals surface area contributed by atoms with E-state index in [1.54, 1.807) is 0 Å². The van der Waals surface area contributed by atoms with E-state index < -0.39 is 0 Å². The molecule has 0 fully saturated rings. The zero-order valence-electron chi connectivity index (χ0n) is 4.48. The largest absolute Gasteiger partial charge is 1.00 e. The molecular weight excluding hydrogens is 204 g/mol. The molecule has 0 aromatic carbocycles. The summed E-state index contributed by atoms with van der Waals surface area (Å²) in [6.07, 6.45) is 0. The van der Waals surface area contributed by atoms with Gasteiger partial charge in [0.2, 0.25) is 0 Å². The van der Waals surface area contributed by atoms with Crippen LogP contribution in [0.25, 0.3) is 0 Å². The second-order valence-corrected chi connectivity index (χ2v) is 0. The van der Waals surface area contributed by atoms with Crippen LogP contribution in [0.3, 0.4) is 0 Å². The predicted octanol–water partition coefficient (Wildman–Crippen LogP) is -3.67. The first-order valence-electron chi connectivity index (χ1n) is 0.507. The first-order valence-corrected chi connectivity index (χ1v) is 1.52. The van der Waals surface area contributed by atoms with Crippen molar-refractivity contribution in [3.8, 4) is 0 Å². The normalized spacial score (nSPS) is 2.25. The van der Waals surface area contributed by atoms with Crippen LogP contribution in [0.4, 0.5) is 0 Å². The molecule has 0 spiro atoms. The van der Waals surface area contributed by atoms with Gasteiger partial charge in [0.25, 0.3) is 0 Å². The van der Waals surface area contributed by atoms with Crippen LogP contribution in [0, 0.1) is 0 Å². The summed E-state index contributed by atoms with van der Waals surface area (Å²) >= 11 is 10.9. The molecule has 0 aromatic rings. The fraction of sp³-hybridized carbons (Fsp3) is 0. The van der Waals surface area contributed by atoms with E-state index in [0.717, 1.165) is 0 Å². The topological polar surface area (TPSA) is 60.7 Å². The molecule has 8 heteroatoms. The van der Waals surface area contributed by atoms with Crippen molar-refractivity contribution >= 4 is 53.0 Å². The molecule has 50 valence electrons. The zero-order valence-corrected chi connectivity index (χ0v) is 7.74. The molecule has 0 amide bonds. The number of rotatable bonds is 0. The third-order valence-corrected chi connectivity index (χ3v) is 0. The van der Waals surface area contributed by atoms with E-state index >= 15 is 0 Å². The summed E-state index contributed by atoms with van der Waals surface area (Å²) < 4.78 is 19.4. The van der Waals surface area contributed by atoms with Gasteiger partial charge in [-0.15, -0.1) is 0 Å². The minimum Gasteiger partial charge on any atom is -1.00 e. The Labute approximate surface area is 97.0 Å². The van der Waals surface area contributed by atoms with E-state index in [9.17, 15) is 0 Å². The molecule has 0 unspecified atom stereocenters. The smallest absolute Gasteiger partial charge is 1.00 e. The monoisotopic (exact) mass is 210 g/mol. The number of hydrogen-bond donors (Lipinski definition) is 3. The number of hydrogen-bond acceptors (Lipinski definition) is 3. The van der Waals surface area contributed by atoms with Crippen LogP contribution < -0.4 is 29.6 Å². The third kappa shape index (κ3) is 84.3. The van der Waals surface area contributed by atoms with E-state index in [2.05, 4.69) is 35.6 Å². The van der Waals surface area contributed by atoms with E-state index in [4.69, 9.17) is 14.0 Å². The Morgan fingerprint density at radius 2 is 0.750 bits per heavy atom. The van der Waals surface area contributed by atoms with Crippen LogP contribution >= 0.6 is 35.6 Å². The summed E-state index contributed by atoms with van der Waals surface area (Å²) in [5.41, 5.74) is 0. The zero-order chi connectivity index (χ0) is 6.00. The van der Waals surface area contributed by atoms with Crippen molar-refractivity contribution in [1.82, 2.24) is 0 Å². The Morgan fingerprint density at radius 1 is 0.750 bits per heavy atom. The van der Waals surface area contributed by atoms with Crippen molar-refractivity contribution in [2.45, 2.75) is 0 Å². The molecule has 0 aromatic heterocycles. The standard InChI is InChI=1S/Al.3ClHO.Na.4H/c;3*1-2;;;;;/h;3*2H;;;;;/q;;;;+1;;;;-1. The molecule has 0 aliphatic carbocycles. The first-order chi connectivity index (χ1) is 3.00. The van der Waals surface area contributed by atoms with Crippen molar-refractivity contribution in [3.05, 3.63) is 0 Å². The molecule has 3 nitrogen and oxygen atoms in total. The maximum absolute atomic E-state index is 6.47. The van der Waals surface area contributed by atoms with Gasteiger partial charge in [-0.1, -0.05) is 0 Å². The molecule has 3 N–H and O–H groups in total. The van der Waals surface area contributed by atoms with Crippen LogP contribution in [0.1, 0.15) is 1.43 Å². The van der Waals surface area contributed by atoms with Crippen molar-refractivity contribution in [3.63, 3.8) is 0 Å². The van der Waals surface area contributed by atoms with Crippen LogP contribution in [-0.4, -0.2) is 31.3 Å². The molecule has 0 saturated heterocycles. The van der Waals surface area contributed by atoms with Gasteiger partial charge in [-0.05, 0) is 0 Å². The summed E-state index contributed by atoms with van der Waals surface area (Å²) in [7, 11) is 0. The SMILES string of the molecule is OCl.OCl.OCl.[AlH3].[H-].[Na+]. The van der Waals surface area contributed by atoms with Gasteiger partial charge in [0.1, 0.15) is 0 Å². The fourth-order valence-corrected chi connectivity index (χ4v) is 0. The third-order valence-electron chi connectivity index (χ3n) is 0. The summed E-state index contributed by atoms with van der Waals surface area (Å²) in [5.74, 6) is 0. The van der Waals surface area contributed by atoms with E-state index in [1.165, 1.54) is 0 Å². The van der Waals surface area contributed by atoms with Crippen LogP contribution in [0.5, 0.6) is 0 Å². The number of halogens is 3. The fourth-order valence-electron chi connectivity index (χ4n) is 0. The molecule has 0 aliphatic heterocycles. The Morgan fingerprint density at radius 3 is 0.750 bits per heavy atom. The Hall–Kier alpha value is 2.28. The van der Waals surface area contributed by atoms with Gasteiger partial charge >= 0.3 is 29.6 Å². The van der Waals surface area contributed by atoms with E-state index in [1.807, 2.05) is 0 Å². The van der Waals surface area contributed by atoms with Gasteiger partial charge in [0, 0.05) is 0 Å². The molecule has 0 heterocycles. The van der Waals surface area contributed by atoms with Gasteiger partial charge < -0.3 is 1.43 Å². The van der Waals surface area contributed by atoms with Crippen molar-refractivity contribution in [2.24, 2.45) is 0 Å². The van der Waals surface area contributed by atoms with Crippen LogP contribution in [-0.2, 0) is 0 Å².